The molecule has 1 radical (unpaired) electrons. The number of rotatable bonds is 1. The molecule has 1 saturated heterocycles. The van der Waals surface area contributed by atoms with Crippen LogP contribution in [0.5, 0.6) is 0 Å². The molecule has 1 aromatic rings. The standard InChI is InChI=1S/C7H10N3S/c1-3-10(4-2-8-1)7-5-11-6-9-7/h5,8H,1-4H2. The van der Waals surface area contributed by atoms with Gasteiger partial charge in [-0.25, -0.2) is 4.98 Å². The molecule has 0 atom stereocenters. The zero-order chi connectivity index (χ0) is 7.52. The van der Waals surface area contributed by atoms with Crippen LogP contribution in [-0.2, 0) is 0 Å². The molecule has 0 spiro atoms. The fourth-order valence-electron chi connectivity index (χ4n) is 1.22. The average Bonchev–Trinajstić information content (AvgIpc) is 2.58. The fourth-order valence-corrected chi connectivity index (χ4v) is 1.72. The molecule has 1 aliphatic heterocycles. The Morgan fingerprint density at radius 3 is 3.00 bits per heavy atom. The van der Waals surface area contributed by atoms with Crippen molar-refractivity contribution in [3.8, 4) is 0 Å². The third-order valence-electron chi connectivity index (χ3n) is 1.82. The first-order chi connectivity index (χ1) is 5.47. The lowest BCUT2D eigenvalue weighted by atomic mass is 10.4. The maximum Gasteiger partial charge on any atom is 0.154 e. The van der Waals surface area contributed by atoms with Gasteiger partial charge < -0.3 is 10.2 Å². The molecule has 3 nitrogen and oxygen atoms in total. The predicted molar refractivity (Wildman–Crippen MR) is 46.0 cm³/mol. The number of piperazine rings is 1. The zero-order valence-electron chi connectivity index (χ0n) is 6.21. The summed E-state index contributed by atoms with van der Waals surface area (Å²) >= 11 is 1.54. The molecule has 59 valence electrons. The predicted octanol–water partition coefficient (Wildman–Crippen LogP) is 0.353. The van der Waals surface area contributed by atoms with Gasteiger partial charge in [0.1, 0.15) is 5.82 Å². The maximum absolute atomic E-state index is 4.13. The van der Waals surface area contributed by atoms with E-state index in [0.29, 0.717) is 0 Å². The van der Waals surface area contributed by atoms with E-state index < -0.39 is 0 Å². The van der Waals surface area contributed by atoms with Gasteiger partial charge in [-0.15, -0.1) is 11.3 Å². The van der Waals surface area contributed by atoms with Crippen LogP contribution >= 0.6 is 11.3 Å². The Bertz CT molecular complexity index is 203. The van der Waals surface area contributed by atoms with Crippen LogP contribution in [-0.4, -0.2) is 31.2 Å². The summed E-state index contributed by atoms with van der Waals surface area (Å²) in [6.45, 7) is 4.27. The van der Waals surface area contributed by atoms with Gasteiger partial charge in [-0.3, -0.25) is 0 Å². The van der Waals surface area contributed by atoms with Crippen molar-refractivity contribution < 1.29 is 0 Å². The van der Waals surface area contributed by atoms with E-state index in [0.717, 1.165) is 32.0 Å². The molecule has 0 unspecified atom stereocenters. The van der Waals surface area contributed by atoms with Crippen LogP contribution in [0.1, 0.15) is 0 Å². The number of hydrogen-bond acceptors (Lipinski definition) is 4. The smallest absolute Gasteiger partial charge is 0.154 e. The van der Waals surface area contributed by atoms with Crippen molar-refractivity contribution in [2.45, 2.75) is 0 Å². The van der Waals surface area contributed by atoms with Gasteiger partial charge in [0.25, 0.3) is 0 Å². The van der Waals surface area contributed by atoms with Gasteiger partial charge in [0, 0.05) is 31.6 Å². The highest BCUT2D eigenvalue weighted by molar-refractivity contribution is 7.07. The van der Waals surface area contributed by atoms with Crippen molar-refractivity contribution in [3.63, 3.8) is 0 Å². The molecule has 11 heavy (non-hydrogen) atoms. The highest BCUT2D eigenvalue weighted by Gasteiger charge is 2.10. The Morgan fingerprint density at radius 1 is 1.55 bits per heavy atom. The third kappa shape index (κ3) is 1.52. The summed E-state index contributed by atoms with van der Waals surface area (Å²) in [6.07, 6.45) is 0. The quantitative estimate of drug-likeness (QED) is 0.656. The van der Waals surface area contributed by atoms with E-state index in [1.165, 1.54) is 11.3 Å². The summed E-state index contributed by atoms with van der Waals surface area (Å²) in [4.78, 5) is 6.41. The number of thiazole rings is 1. The second-order valence-corrected chi connectivity index (χ2v) is 3.19. The highest BCUT2D eigenvalue weighted by atomic mass is 32.1. The van der Waals surface area contributed by atoms with Crippen molar-refractivity contribution >= 4 is 17.2 Å². The first-order valence-corrected chi connectivity index (χ1v) is 4.62. The molecule has 1 aromatic heterocycles. The van der Waals surface area contributed by atoms with Crippen LogP contribution in [0.2, 0.25) is 0 Å². The Kier molecular flexibility index (Phi) is 2.05. The first kappa shape index (κ1) is 7.06. The molecular weight excluding hydrogens is 158 g/mol. The molecule has 1 aliphatic rings. The van der Waals surface area contributed by atoms with Gasteiger partial charge in [-0.05, 0) is 0 Å². The zero-order valence-corrected chi connectivity index (χ0v) is 7.02. The van der Waals surface area contributed by atoms with Crippen LogP contribution < -0.4 is 10.2 Å². The van der Waals surface area contributed by atoms with Crippen molar-refractivity contribution in [1.82, 2.24) is 10.3 Å². The van der Waals surface area contributed by atoms with E-state index in [4.69, 9.17) is 0 Å². The normalized spacial score (nSPS) is 18.7. The lowest BCUT2D eigenvalue weighted by molar-refractivity contribution is 0.586. The number of nitrogens with zero attached hydrogens (tertiary/aromatic N) is 2. The van der Waals surface area contributed by atoms with Crippen LogP contribution in [0.3, 0.4) is 0 Å². The molecule has 2 heterocycles. The fraction of sp³-hybridized carbons (Fsp3) is 0.571. The summed E-state index contributed by atoms with van der Waals surface area (Å²) in [5.74, 6) is 1.08. The molecule has 2 rings (SSSR count). The molecule has 0 amide bonds. The SMILES string of the molecule is [c]1nc(N2CCNCC2)cs1. The van der Waals surface area contributed by atoms with Crippen LogP contribution in [0.15, 0.2) is 5.38 Å². The van der Waals surface area contributed by atoms with Crippen molar-refractivity contribution in [2.75, 3.05) is 31.1 Å². The van der Waals surface area contributed by atoms with E-state index in [2.05, 4.69) is 20.7 Å². The van der Waals surface area contributed by atoms with E-state index in [1.54, 1.807) is 0 Å². The summed E-state index contributed by atoms with van der Waals surface area (Å²) < 4.78 is 0. The summed E-state index contributed by atoms with van der Waals surface area (Å²) in [5.41, 5.74) is 2.86. The highest BCUT2D eigenvalue weighted by Crippen LogP contribution is 2.12. The second-order valence-electron chi connectivity index (χ2n) is 2.53. The molecule has 1 fully saturated rings. The largest absolute Gasteiger partial charge is 0.353 e. The van der Waals surface area contributed by atoms with Crippen LogP contribution in [0.25, 0.3) is 0 Å². The monoisotopic (exact) mass is 168 g/mol. The van der Waals surface area contributed by atoms with Gasteiger partial charge >= 0.3 is 0 Å². The Balaban J connectivity index is 2.04. The topological polar surface area (TPSA) is 28.2 Å². The molecule has 4 heteroatoms. The molecular formula is C7H10N3S. The minimum Gasteiger partial charge on any atom is -0.353 e. The van der Waals surface area contributed by atoms with Crippen molar-refractivity contribution in [1.29, 1.82) is 0 Å². The summed E-state index contributed by atoms with van der Waals surface area (Å²) in [5, 5.41) is 5.35. The minimum absolute atomic E-state index is 1.07. The minimum atomic E-state index is 1.07. The van der Waals surface area contributed by atoms with Crippen molar-refractivity contribution in [2.24, 2.45) is 0 Å². The Hall–Kier alpha value is -0.610. The molecule has 0 saturated carbocycles. The number of anilines is 1. The van der Waals surface area contributed by atoms with Crippen LogP contribution in [0, 0.1) is 5.51 Å². The van der Waals surface area contributed by atoms with Gasteiger partial charge in [-0.1, -0.05) is 0 Å². The van der Waals surface area contributed by atoms with E-state index in [9.17, 15) is 0 Å². The van der Waals surface area contributed by atoms with Gasteiger partial charge in [-0.2, -0.15) is 0 Å². The average molecular weight is 168 g/mol. The Labute approximate surface area is 70.1 Å². The number of nitrogens with one attached hydrogen (secondary N) is 1. The molecule has 0 bridgehead atoms. The van der Waals surface area contributed by atoms with Crippen molar-refractivity contribution in [3.05, 3.63) is 10.9 Å². The first-order valence-electron chi connectivity index (χ1n) is 3.74. The van der Waals surface area contributed by atoms with Crippen LogP contribution in [0.4, 0.5) is 5.82 Å². The maximum atomic E-state index is 4.13. The summed E-state index contributed by atoms with van der Waals surface area (Å²) in [7, 11) is 0. The van der Waals surface area contributed by atoms with E-state index in [-0.39, 0.29) is 0 Å². The van der Waals surface area contributed by atoms with Gasteiger partial charge in [0.2, 0.25) is 0 Å². The Morgan fingerprint density at radius 2 is 2.36 bits per heavy atom. The van der Waals surface area contributed by atoms with E-state index in [1.807, 2.05) is 5.38 Å². The number of hydrogen-bond donors (Lipinski definition) is 1. The van der Waals surface area contributed by atoms with Gasteiger partial charge in [0.05, 0.1) is 0 Å². The molecule has 1 N–H and O–H groups in total. The third-order valence-corrected chi connectivity index (χ3v) is 2.34. The van der Waals surface area contributed by atoms with Gasteiger partial charge in [0.15, 0.2) is 5.51 Å². The molecule has 0 aliphatic carbocycles. The molecule has 0 aromatic carbocycles. The lowest BCUT2D eigenvalue weighted by Crippen LogP contribution is -2.43. The second kappa shape index (κ2) is 3.19. The number of aromatic nitrogens is 1. The summed E-state index contributed by atoms with van der Waals surface area (Å²) in [6, 6.07) is 0. The lowest BCUT2D eigenvalue weighted by Gasteiger charge is -2.26. The van der Waals surface area contributed by atoms with E-state index >= 15 is 0 Å².